The van der Waals surface area contributed by atoms with Gasteiger partial charge in [0.2, 0.25) is 0 Å². The molecule has 0 spiro atoms. The van der Waals surface area contributed by atoms with Gasteiger partial charge >= 0.3 is 0 Å². The van der Waals surface area contributed by atoms with Crippen LogP contribution in [0.3, 0.4) is 0 Å². The summed E-state index contributed by atoms with van der Waals surface area (Å²) in [6, 6.07) is 5.53. The maximum absolute atomic E-state index is 14.0. The lowest BCUT2D eigenvalue weighted by atomic mass is 9.94. The number of rotatable bonds is 7. The quantitative estimate of drug-likeness (QED) is 0.826. The molecule has 2 atom stereocenters. The van der Waals surface area contributed by atoms with Gasteiger partial charge in [0.05, 0.1) is 5.02 Å². The Morgan fingerprint density at radius 3 is 3.05 bits per heavy atom. The zero-order valence-electron chi connectivity index (χ0n) is 12.0. The lowest BCUT2D eigenvalue weighted by Crippen LogP contribution is -2.34. The SMILES string of the molecule is CCCNC(Cc1cccc(Cl)c1F)CC1CCOC1. The van der Waals surface area contributed by atoms with Crippen molar-refractivity contribution in [3.8, 4) is 0 Å². The zero-order chi connectivity index (χ0) is 14.4. The second-order valence-corrected chi connectivity index (χ2v) is 5.94. The second-order valence-electron chi connectivity index (χ2n) is 5.53. The van der Waals surface area contributed by atoms with Gasteiger partial charge in [-0.2, -0.15) is 0 Å². The van der Waals surface area contributed by atoms with E-state index in [0.29, 0.717) is 17.9 Å². The highest BCUT2D eigenvalue weighted by atomic mass is 35.5. The minimum Gasteiger partial charge on any atom is -0.381 e. The number of ether oxygens (including phenoxy) is 1. The predicted octanol–water partition coefficient (Wildman–Crippen LogP) is 3.82. The van der Waals surface area contributed by atoms with E-state index in [1.165, 1.54) is 0 Å². The highest BCUT2D eigenvalue weighted by Gasteiger charge is 2.21. The van der Waals surface area contributed by atoms with E-state index in [4.69, 9.17) is 16.3 Å². The van der Waals surface area contributed by atoms with E-state index < -0.39 is 0 Å². The molecule has 2 rings (SSSR count). The molecule has 1 aromatic carbocycles. The second kappa shape index (κ2) is 7.96. The van der Waals surface area contributed by atoms with Crippen molar-refractivity contribution in [3.05, 3.63) is 34.6 Å². The first-order valence-electron chi connectivity index (χ1n) is 7.44. The van der Waals surface area contributed by atoms with Crippen LogP contribution in [-0.4, -0.2) is 25.8 Å². The van der Waals surface area contributed by atoms with Crippen molar-refractivity contribution < 1.29 is 9.13 Å². The van der Waals surface area contributed by atoms with Crippen molar-refractivity contribution in [2.24, 2.45) is 5.92 Å². The summed E-state index contributed by atoms with van der Waals surface area (Å²) < 4.78 is 19.4. The van der Waals surface area contributed by atoms with Gasteiger partial charge in [-0.1, -0.05) is 30.7 Å². The summed E-state index contributed by atoms with van der Waals surface area (Å²) in [6.45, 7) is 4.79. The third-order valence-corrected chi connectivity index (χ3v) is 4.11. The third kappa shape index (κ3) is 4.44. The molecule has 4 heteroatoms. The largest absolute Gasteiger partial charge is 0.381 e. The Bertz CT molecular complexity index is 421. The van der Waals surface area contributed by atoms with Crippen LogP contribution in [0.25, 0.3) is 0 Å². The van der Waals surface area contributed by atoms with Crippen LogP contribution < -0.4 is 5.32 Å². The van der Waals surface area contributed by atoms with Crippen LogP contribution in [0.15, 0.2) is 18.2 Å². The van der Waals surface area contributed by atoms with Crippen LogP contribution in [0.4, 0.5) is 4.39 Å². The molecule has 0 bridgehead atoms. The van der Waals surface area contributed by atoms with Crippen molar-refractivity contribution >= 4 is 11.6 Å². The minimum absolute atomic E-state index is 0.209. The molecule has 0 saturated carbocycles. The van der Waals surface area contributed by atoms with E-state index in [0.717, 1.165) is 39.0 Å². The molecule has 0 amide bonds. The minimum atomic E-state index is -0.278. The van der Waals surface area contributed by atoms with E-state index in [-0.39, 0.29) is 16.9 Å². The number of hydrogen-bond donors (Lipinski definition) is 1. The molecular formula is C16H23ClFNO. The molecule has 20 heavy (non-hydrogen) atoms. The Kier molecular flexibility index (Phi) is 6.27. The average Bonchev–Trinajstić information content (AvgIpc) is 2.94. The van der Waals surface area contributed by atoms with Crippen molar-refractivity contribution in [2.45, 2.75) is 38.6 Å². The zero-order valence-corrected chi connectivity index (χ0v) is 12.8. The fraction of sp³-hybridized carbons (Fsp3) is 0.625. The highest BCUT2D eigenvalue weighted by Crippen LogP contribution is 2.23. The standard InChI is InChI=1S/C16H23ClFNO/c1-2-7-19-14(9-12-6-8-20-11-12)10-13-4-3-5-15(17)16(13)18/h3-5,12,14,19H,2,6-11H2,1H3. The van der Waals surface area contributed by atoms with Crippen LogP contribution in [0.1, 0.15) is 31.7 Å². The van der Waals surface area contributed by atoms with Crippen LogP contribution >= 0.6 is 11.6 Å². The summed E-state index contributed by atoms with van der Waals surface area (Å²) in [7, 11) is 0. The van der Waals surface area contributed by atoms with Crippen LogP contribution in [0.5, 0.6) is 0 Å². The summed E-state index contributed by atoms with van der Waals surface area (Å²) in [5.74, 6) is 0.312. The van der Waals surface area contributed by atoms with Gasteiger partial charge in [-0.25, -0.2) is 4.39 Å². The third-order valence-electron chi connectivity index (χ3n) is 3.82. The summed E-state index contributed by atoms with van der Waals surface area (Å²) >= 11 is 5.86. The lowest BCUT2D eigenvalue weighted by molar-refractivity contribution is 0.181. The molecule has 112 valence electrons. The van der Waals surface area contributed by atoms with Crippen LogP contribution in [0, 0.1) is 11.7 Å². The average molecular weight is 300 g/mol. The van der Waals surface area contributed by atoms with Gasteiger partial charge in [0.1, 0.15) is 5.82 Å². The molecule has 1 fully saturated rings. The fourth-order valence-electron chi connectivity index (χ4n) is 2.73. The lowest BCUT2D eigenvalue weighted by Gasteiger charge is -2.22. The summed E-state index contributed by atoms with van der Waals surface area (Å²) in [5.41, 5.74) is 0.699. The van der Waals surface area contributed by atoms with Crippen molar-refractivity contribution in [3.63, 3.8) is 0 Å². The van der Waals surface area contributed by atoms with Gasteiger partial charge < -0.3 is 10.1 Å². The van der Waals surface area contributed by atoms with Gasteiger partial charge in [0.15, 0.2) is 0 Å². The number of halogens is 2. The maximum Gasteiger partial charge on any atom is 0.145 e. The summed E-state index contributed by atoms with van der Waals surface area (Å²) in [6.07, 6.45) is 3.91. The number of hydrogen-bond acceptors (Lipinski definition) is 2. The maximum atomic E-state index is 14.0. The Hall–Kier alpha value is -0.640. The van der Waals surface area contributed by atoms with Crippen molar-refractivity contribution in [2.75, 3.05) is 19.8 Å². The topological polar surface area (TPSA) is 21.3 Å². The molecule has 1 saturated heterocycles. The first kappa shape index (κ1) is 15.7. The summed E-state index contributed by atoms with van der Waals surface area (Å²) in [5, 5.41) is 3.74. The first-order chi connectivity index (χ1) is 9.70. The first-order valence-corrected chi connectivity index (χ1v) is 7.82. The Morgan fingerprint density at radius 2 is 2.35 bits per heavy atom. The van der Waals surface area contributed by atoms with E-state index in [2.05, 4.69) is 12.2 Å². The molecule has 0 radical (unpaired) electrons. The molecule has 1 N–H and O–H groups in total. The predicted molar refractivity (Wildman–Crippen MR) is 80.7 cm³/mol. The highest BCUT2D eigenvalue weighted by molar-refractivity contribution is 6.30. The summed E-state index contributed by atoms with van der Waals surface area (Å²) in [4.78, 5) is 0. The Balaban J connectivity index is 1.99. The molecule has 1 aliphatic rings. The molecule has 2 unspecified atom stereocenters. The smallest absolute Gasteiger partial charge is 0.145 e. The molecule has 1 aliphatic heterocycles. The van der Waals surface area contributed by atoms with E-state index in [1.54, 1.807) is 6.07 Å². The van der Waals surface area contributed by atoms with E-state index in [9.17, 15) is 4.39 Å². The van der Waals surface area contributed by atoms with Gasteiger partial charge in [-0.05, 0) is 49.8 Å². The van der Waals surface area contributed by atoms with Gasteiger partial charge in [0, 0.05) is 19.3 Å². The van der Waals surface area contributed by atoms with Gasteiger partial charge in [0.25, 0.3) is 0 Å². The number of nitrogens with one attached hydrogen (secondary N) is 1. The normalized spacial score (nSPS) is 20.2. The van der Waals surface area contributed by atoms with Gasteiger partial charge in [-0.15, -0.1) is 0 Å². The van der Waals surface area contributed by atoms with Crippen molar-refractivity contribution in [1.29, 1.82) is 0 Å². The number of benzene rings is 1. The Morgan fingerprint density at radius 1 is 1.50 bits per heavy atom. The molecule has 2 nitrogen and oxygen atoms in total. The Labute approximate surface area is 125 Å². The van der Waals surface area contributed by atoms with E-state index >= 15 is 0 Å². The fourth-order valence-corrected chi connectivity index (χ4v) is 2.92. The van der Waals surface area contributed by atoms with Gasteiger partial charge in [-0.3, -0.25) is 0 Å². The van der Waals surface area contributed by atoms with E-state index in [1.807, 2.05) is 12.1 Å². The van der Waals surface area contributed by atoms with Crippen molar-refractivity contribution in [1.82, 2.24) is 5.32 Å². The molecule has 0 aromatic heterocycles. The van der Waals surface area contributed by atoms with Crippen LogP contribution in [0.2, 0.25) is 5.02 Å². The molecule has 0 aliphatic carbocycles. The monoisotopic (exact) mass is 299 g/mol. The molecular weight excluding hydrogens is 277 g/mol. The molecule has 1 aromatic rings. The van der Waals surface area contributed by atoms with Crippen LogP contribution in [-0.2, 0) is 11.2 Å². The molecule has 1 heterocycles.